The summed E-state index contributed by atoms with van der Waals surface area (Å²) in [5.41, 5.74) is 3.13. The molecule has 0 bridgehead atoms. The number of ether oxygens (including phenoxy) is 1. The Morgan fingerprint density at radius 1 is 1.10 bits per heavy atom. The molecule has 0 spiro atoms. The van der Waals surface area contributed by atoms with Gasteiger partial charge < -0.3 is 4.74 Å². The van der Waals surface area contributed by atoms with Crippen LogP contribution in [0.3, 0.4) is 0 Å². The molecule has 0 aromatic carbocycles. The monoisotopic (exact) mass is 414 g/mol. The summed E-state index contributed by atoms with van der Waals surface area (Å²) in [4.78, 5) is 12.4. The van der Waals surface area contributed by atoms with Gasteiger partial charge in [-0.2, -0.15) is 0 Å². The van der Waals surface area contributed by atoms with E-state index in [2.05, 4.69) is 47.3 Å². The molecule has 2 nitrogen and oxygen atoms in total. The highest BCUT2D eigenvalue weighted by Crippen LogP contribution is 2.65. The molecule has 1 saturated heterocycles. The maximum absolute atomic E-state index is 12.4. The Morgan fingerprint density at radius 2 is 1.83 bits per heavy atom. The summed E-state index contributed by atoms with van der Waals surface area (Å²) >= 11 is 0. The van der Waals surface area contributed by atoms with Gasteiger partial charge in [0, 0.05) is 11.5 Å². The van der Waals surface area contributed by atoms with Crippen molar-refractivity contribution in [2.45, 2.75) is 105 Å². The largest absolute Gasteiger partial charge is 0.462 e. The highest BCUT2D eigenvalue weighted by Gasteiger charge is 2.56. The van der Waals surface area contributed by atoms with E-state index in [1.54, 1.807) is 0 Å². The second-order valence-corrected chi connectivity index (χ2v) is 11.1. The zero-order valence-electron chi connectivity index (χ0n) is 20.4. The van der Waals surface area contributed by atoms with E-state index in [4.69, 9.17) is 4.74 Å². The molecule has 2 unspecified atom stereocenters. The smallest absolute Gasteiger partial charge is 0.334 e. The van der Waals surface area contributed by atoms with Crippen LogP contribution >= 0.6 is 0 Å². The number of rotatable bonds is 8. The number of cyclic esters (lactones) is 1. The van der Waals surface area contributed by atoms with Crippen molar-refractivity contribution in [3.05, 3.63) is 23.8 Å². The number of hydrogen-bond acceptors (Lipinski definition) is 2. The van der Waals surface area contributed by atoms with E-state index in [0.717, 1.165) is 43.1 Å². The molecule has 0 N–H and O–H groups in total. The zero-order valence-corrected chi connectivity index (χ0v) is 20.4. The van der Waals surface area contributed by atoms with Crippen molar-refractivity contribution in [1.82, 2.24) is 0 Å². The Hall–Kier alpha value is -1.05. The first kappa shape index (κ1) is 23.6. The number of esters is 1. The Morgan fingerprint density at radius 3 is 2.50 bits per heavy atom. The van der Waals surface area contributed by atoms with Crippen molar-refractivity contribution >= 4 is 5.97 Å². The molecule has 1 heterocycles. The van der Waals surface area contributed by atoms with Gasteiger partial charge in [0.25, 0.3) is 0 Å². The van der Waals surface area contributed by atoms with Crippen LogP contribution in [-0.4, -0.2) is 12.6 Å². The van der Waals surface area contributed by atoms with Crippen molar-refractivity contribution in [2.24, 2.45) is 34.5 Å². The van der Waals surface area contributed by atoms with E-state index in [-0.39, 0.29) is 5.97 Å². The summed E-state index contributed by atoms with van der Waals surface area (Å²) in [6, 6.07) is 0. The molecular weight excluding hydrogens is 368 g/mol. The number of hydrogen-bond donors (Lipinski definition) is 0. The van der Waals surface area contributed by atoms with Crippen molar-refractivity contribution in [1.29, 1.82) is 0 Å². The fourth-order valence-corrected chi connectivity index (χ4v) is 7.85. The van der Waals surface area contributed by atoms with E-state index in [1.807, 2.05) is 0 Å². The molecule has 6 atom stereocenters. The Bertz CT molecular complexity index is 662. The molecule has 3 aliphatic rings. The van der Waals surface area contributed by atoms with Gasteiger partial charge in [0.15, 0.2) is 0 Å². The minimum atomic E-state index is -0.0703. The van der Waals surface area contributed by atoms with Gasteiger partial charge in [-0.05, 0) is 73.5 Å². The van der Waals surface area contributed by atoms with Gasteiger partial charge in [-0.15, -0.1) is 0 Å². The summed E-state index contributed by atoms with van der Waals surface area (Å²) in [5.74, 6) is 2.36. The van der Waals surface area contributed by atoms with Crippen molar-refractivity contribution < 1.29 is 9.53 Å². The number of carbonyl (C=O) groups is 1. The highest BCUT2D eigenvalue weighted by molar-refractivity contribution is 5.91. The first-order chi connectivity index (χ1) is 14.3. The molecule has 0 radical (unpaired) electrons. The van der Waals surface area contributed by atoms with E-state index >= 15 is 0 Å². The lowest BCUT2D eigenvalue weighted by Gasteiger charge is -2.62. The molecule has 1 aliphatic heterocycles. The van der Waals surface area contributed by atoms with Crippen LogP contribution in [0.2, 0.25) is 0 Å². The lowest BCUT2D eigenvalue weighted by molar-refractivity contribution is -0.135. The molecule has 2 aliphatic carbocycles. The van der Waals surface area contributed by atoms with Crippen LogP contribution in [0, 0.1) is 34.5 Å². The average Bonchev–Trinajstić information content (AvgIpc) is 3.04. The predicted molar refractivity (Wildman–Crippen MR) is 126 cm³/mol. The predicted octanol–water partition coefficient (Wildman–Crippen LogP) is 7.88. The average molecular weight is 415 g/mol. The molecule has 2 saturated carbocycles. The minimum Gasteiger partial charge on any atom is -0.462 e. The Labute approximate surface area is 185 Å². The molecule has 30 heavy (non-hydrogen) atoms. The van der Waals surface area contributed by atoms with Crippen LogP contribution in [0.25, 0.3) is 0 Å². The third-order valence-corrected chi connectivity index (χ3v) is 9.33. The number of fused-ring (bicyclic) bond motifs is 1. The van der Waals surface area contributed by atoms with Crippen LogP contribution in [0.4, 0.5) is 0 Å². The second-order valence-electron chi connectivity index (χ2n) is 11.1. The topological polar surface area (TPSA) is 26.3 Å². The number of allylic oxidation sites excluding steroid dienone is 2. The van der Waals surface area contributed by atoms with Crippen LogP contribution in [0.1, 0.15) is 105 Å². The van der Waals surface area contributed by atoms with Gasteiger partial charge in [0.1, 0.15) is 0 Å². The standard InChI is InChI=1S/C28H46O2/c1-7-10-21-19-30-26(29)23(21)13-14-24-20(4)12-15-25-27(5,17-9-3)22(11-8-2)16-18-28(24,25)6/h13,21-22,24-25H,4,7-12,14-19H2,1-3,5-6H3/b23-13+/t21?,22-,24-,25?,27-,28+/m1/s1. The van der Waals surface area contributed by atoms with E-state index < -0.39 is 0 Å². The van der Waals surface area contributed by atoms with Gasteiger partial charge in [-0.1, -0.05) is 78.5 Å². The Kier molecular flexibility index (Phi) is 7.57. The molecule has 0 amide bonds. The molecule has 3 rings (SSSR count). The van der Waals surface area contributed by atoms with E-state index in [1.165, 1.54) is 50.5 Å². The van der Waals surface area contributed by atoms with Gasteiger partial charge >= 0.3 is 5.97 Å². The summed E-state index contributed by atoms with van der Waals surface area (Å²) in [6.07, 6.45) is 15.8. The minimum absolute atomic E-state index is 0.0703. The summed E-state index contributed by atoms with van der Waals surface area (Å²) in [7, 11) is 0. The van der Waals surface area contributed by atoms with Crippen LogP contribution < -0.4 is 0 Å². The highest BCUT2D eigenvalue weighted by atomic mass is 16.5. The van der Waals surface area contributed by atoms with Crippen molar-refractivity contribution in [3.63, 3.8) is 0 Å². The first-order valence-electron chi connectivity index (χ1n) is 12.9. The molecule has 170 valence electrons. The lowest BCUT2D eigenvalue weighted by atomic mass is 9.43. The van der Waals surface area contributed by atoms with Gasteiger partial charge in [0.05, 0.1) is 6.61 Å². The molecule has 0 aromatic rings. The van der Waals surface area contributed by atoms with Gasteiger partial charge in [-0.3, -0.25) is 0 Å². The molecule has 2 heteroatoms. The SMILES string of the molecule is C=C1CCC2[C@](C)(CCC)[C@H](CCC)CC[C@@]2(C)[C@@H]1C/C=C1/C(=O)OCC1CCC. The quantitative estimate of drug-likeness (QED) is 0.229. The van der Waals surface area contributed by atoms with Crippen LogP contribution in [-0.2, 0) is 9.53 Å². The maximum atomic E-state index is 12.4. The van der Waals surface area contributed by atoms with Gasteiger partial charge in [-0.25, -0.2) is 4.79 Å². The lowest BCUT2D eigenvalue weighted by Crippen LogP contribution is -2.53. The fraction of sp³-hybridized carbons (Fsp3) is 0.821. The zero-order chi connectivity index (χ0) is 21.9. The second kappa shape index (κ2) is 9.61. The molecular formula is C28H46O2. The number of carbonyl (C=O) groups excluding carboxylic acids is 1. The maximum Gasteiger partial charge on any atom is 0.334 e. The third-order valence-electron chi connectivity index (χ3n) is 9.33. The van der Waals surface area contributed by atoms with Crippen molar-refractivity contribution in [2.75, 3.05) is 6.61 Å². The van der Waals surface area contributed by atoms with E-state index in [0.29, 0.717) is 29.3 Å². The normalized spacial score (nSPS) is 40.5. The van der Waals surface area contributed by atoms with Gasteiger partial charge in [0.2, 0.25) is 0 Å². The molecule has 3 fully saturated rings. The summed E-state index contributed by atoms with van der Waals surface area (Å²) in [6.45, 7) is 17.2. The summed E-state index contributed by atoms with van der Waals surface area (Å²) < 4.78 is 5.41. The third kappa shape index (κ3) is 4.17. The fourth-order valence-electron chi connectivity index (χ4n) is 7.85. The summed E-state index contributed by atoms with van der Waals surface area (Å²) in [5, 5.41) is 0. The van der Waals surface area contributed by atoms with E-state index in [9.17, 15) is 4.79 Å². The Balaban J connectivity index is 1.88. The van der Waals surface area contributed by atoms with Crippen LogP contribution in [0.15, 0.2) is 23.8 Å². The van der Waals surface area contributed by atoms with Crippen LogP contribution in [0.5, 0.6) is 0 Å². The first-order valence-corrected chi connectivity index (χ1v) is 12.9. The molecule has 0 aromatic heterocycles. The van der Waals surface area contributed by atoms with Crippen molar-refractivity contribution in [3.8, 4) is 0 Å².